The minimum absolute atomic E-state index is 0.422. The van der Waals surface area contributed by atoms with Crippen LogP contribution in [0, 0.1) is 5.92 Å². The molecular weight excluding hydrogens is 338 g/mol. The van der Waals surface area contributed by atoms with Gasteiger partial charge in [0.15, 0.2) is 0 Å². The van der Waals surface area contributed by atoms with E-state index in [1.807, 2.05) is 0 Å². The third-order valence-corrected chi connectivity index (χ3v) is 6.25. The van der Waals surface area contributed by atoms with Gasteiger partial charge in [-0.15, -0.1) is 0 Å². The molecule has 2 rings (SSSR count). The number of benzene rings is 1. The average Bonchev–Trinajstić information content (AvgIpc) is 2.68. The Morgan fingerprint density at radius 3 is 2.15 bits per heavy atom. The summed E-state index contributed by atoms with van der Waals surface area (Å²) in [7, 11) is 0. The summed E-state index contributed by atoms with van der Waals surface area (Å²) in [6.07, 6.45) is 17.2. The Kier molecular flexibility index (Phi) is 10.7. The number of unbranched alkanes of at least 4 members (excludes halogenated alkanes) is 6. The van der Waals surface area contributed by atoms with Crippen LogP contribution in [-0.2, 0) is 6.42 Å². The molecule has 0 amide bonds. The molecule has 0 nitrogen and oxygen atoms in total. The van der Waals surface area contributed by atoms with Crippen molar-refractivity contribution < 1.29 is 8.78 Å². The molecule has 1 saturated carbocycles. The molecule has 1 aliphatic rings. The zero-order valence-electron chi connectivity index (χ0n) is 17.2. The van der Waals surface area contributed by atoms with Crippen LogP contribution in [0.3, 0.4) is 0 Å². The van der Waals surface area contributed by atoms with Crippen molar-refractivity contribution in [1.29, 1.82) is 0 Å². The van der Waals surface area contributed by atoms with Crippen LogP contribution in [0.2, 0.25) is 0 Å². The van der Waals surface area contributed by atoms with E-state index in [1.54, 1.807) is 0 Å². The third-order valence-electron chi connectivity index (χ3n) is 6.25. The Morgan fingerprint density at radius 2 is 1.52 bits per heavy atom. The van der Waals surface area contributed by atoms with Gasteiger partial charge in [-0.1, -0.05) is 82.6 Å². The lowest BCUT2D eigenvalue weighted by atomic mass is 9.77. The lowest BCUT2D eigenvalue weighted by Crippen LogP contribution is -2.13. The fourth-order valence-electron chi connectivity index (χ4n) is 4.48. The van der Waals surface area contributed by atoms with Gasteiger partial charge in [0.2, 0.25) is 0 Å². The van der Waals surface area contributed by atoms with Crippen LogP contribution in [0.25, 0.3) is 0 Å². The Hall–Kier alpha value is -1.18. The molecule has 0 saturated heterocycles. The van der Waals surface area contributed by atoms with Crippen molar-refractivity contribution in [2.75, 3.05) is 0 Å². The van der Waals surface area contributed by atoms with E-state index in [-0.39, 0.29) is 0 Å². The van der Waals surface area contributed by atoms with Gasteiger partial charge in [-0.3, -0.25) is 0 Å². The molecular formula is C25H38F2. The lowest BCUT2D eigenvalue weighted by molar-refractivity contribution is 0.302. The van der Waals surface area contributed by atoms with Crippen LogP contribution in [-0.4, -0.2) is 0 Å². The zero-order valence-corrected chi connectivity index (χ0v) is 17.2. The normalized spacial score (nSPS) is 19.8. The van der Waals surface area contributed by atoms with Crippen LogP contribution in [0.1, 0.15) is 107 Å². The number of rotatable bonds is 12. The largest absolute Gasteiger partial charge is 0.266 e. The maximum atomic E-state index is 12.1. The second-order valence-electron chi connectivity index (χ2n) is 8.40. The monoisotopic (exact) mass is 376 g/mol. The maximum Gasteiger partial charge on any atom is 0.266 e. The summed E-state index contributed by atoms with van der Waals surface area (Å²) in [6, 6.07) is 8.71. The third kappa shape index (κ3) is 9.04. The fourth-order valence-corrected chi connectivity index (χ4v) is 4.48. The molecule has 1 aromatic carbocycles. The van der Waals surface area contributed by atoms with E-state index in [9.17, 15) is 8.78 Å². The summed E-state index contributed by atoms with van der Waals surface area (Å²) < 4.78 is 24.2. The van der Waals surface area contributed by atoms with Crippen molar-refractivity contribution >= 4 is 0 Å². The Labute approximate surface area is 165 Å². The van der Waals surface area contributed by atoms with E-state index in [0.717, 1.165) is 17.6 Å². The molecule has 0 radical (unpaired) electrons. The molecule has 27 heavy (non-hydrogen) atoms. The first-order valence-electron chi connectivity index (χ1n) is 11.3. The van der Waals surface area contributed by atoms with Gasteiger partial charge in [0.1, 0.15) is 0 Å². The predicted molar refractivity (Wildman–Crippen MR) is 112 cm³/mol. The maximum absolute atomic E-state index is 12.1. The number of halogens is 2. The smallest absolute Gasteiger partial charge is 0.174 e. The van der Waals surface area contributed by atoms with Crippen LogP contribution in [0.5, 0.6) is 0 Å². The van der Waals surface area contributed by atoms with E-state index >= 15 is 0 Å². The SMILES string of the molecule is CCCCCCCCCC1CCC(c2ccc(CCC=C(F)F)cc2)CC1. The molecule has 1 aromatic rings. The summed E-state index contributed by atoms with van der Waals surface area (Å²) in [6.45, 7) is 2.28. The molecule has 2 heteroatoms. The highest BCUT2D eigenvalue weighted by Crippen LogP contribution is 2.37. The Morgan fingerprint density at radius 1 is 0.889 bits per heavy atom. The van der Waals surface area contributed by atoms with Gasteiger partial charge in [-0.2, -0.15) is 8.78 Å². The lowest BCUT2D eigenvalue weighted by Gasteiger charge is -2.29. The van der Waals surface area contributed by atoms with Crippen molar-refractivity contribution in [3.05, 3.63) is 47.5 Å². The van der Waals surface area contributed by atoms with Gasteiger partial charge in [-0.05, 0) is 67.6 Å². The predicted octanol–water partition coefficient (Wildman–Crippen LogP) is 8.81. The van der Waals surface area contributed by atoms with Gasteiger partial charge in [0.05, 0.1) is 0 Å². The molecule has 1 fully saturated rings. The first-order chi connectivity index (χ1) is 13.2. The van der Waals surface area contributed by atoms with Gasteiger partial charge in [0, 0.05) is 0 Å². The van der Waals surface area contributed by atoms with Crippen molar-refractivity contribution in [3.8, 4) is 0 Å². The molecule has 0 N–H and O–H groups in total. The second kappa shape index (κ2) is 13.1. The average molecular weight is 377 g/mol. The summed E-state index contributed by atoms with van der Waals surface area (Å²) in [5, 5.41) is 0. The van der Waals surface area contributed by atoms with Crippen LogP contribution >= 0.6 is 0 Å². The topological polar surface area (TPSA) is 0 Å². The van der Waals surface area contributed by atoms with Crippen LogP contribution in [0.15, 0.2) is 36.4 Å². The molecule has 0 heterocycles. The molecule has 0 atom stereocenters. The highest BCUT2D eigenvalue weighted by Gasteiger charge is 2.21. The summed E-state index contributed by atoms with van der Waals surface area (Å²) in [5.41, 5.74) is 2.60. The summed E-state index contributed by atoms with van der Waals surface area (Å²) >= 11 is 0. The van der Waals surface area contributed by atoms with Crippen LogP contribution in [0.4, 0.5) is 8.78 Å². The molecule has 0 aliphatic heterocycles. The highest BCUT2D eigenvalue weighted by atomic mass is 19.3. The van der Waals surface area contributed by atoms with Crippen molar-refractivity contribution in [1.82, 2.24) is 0 Å². The molecule has 0 aromatic heterocycles. The summed E-state index contributed by atoms with van der Waals surface area (Å²) in [4.78, 5) is 0. The molecule has 0 unspecified atom stereocenters. The molecule has 152 valence electrons. The van der Waals surface area contributed by atoms with E-state index in [4.69, 9.17) is 0 Å². The standard InChI is InChI=1S/C25H38F2/c1-2-3-4-5-6-7-8-10-21-13-17-23(18-14-21)24-19-15-22(16-20-24)11-9-12-25(26)27/h12,15-16,19-21,23H,2-11,13-14,17-18H2,1H3. The number of hydrogen-bond acceptors (Lipinski definition) is 0. The zero-order chi connectivity index (χ0) is 19.3. The first kappa shape index (κ1) is 22.1. The minimum Gasteiger partial charge on any atom is -0.174 e. The van der Waals surface area contributed by atoms with Crippen molar-refractivity contribution in [2.45, 2.75) is 103 Å². The van der Waals surface area contributed by atoms with E-state index in [0.29, 0.717) is 18.8 Å². The minimum atomic E-state index is -1.57. The Bertz CT molecular complexity index is 520. The molecule has 0 bridgehead atoms. The van der Waals surface area contributed by atoms with Crippen molar-refractivity contribution in [2.24, 2.45) is 5.92 Å². The Balaban J connectivity index is 1.61. The quantitative estimate of drug-likeness (QED) is 0.320. The van der Waals surface area contributed by atoms with Crippen LogP contribution < -0.4 is 0 Å². The summed E-state index contributed by atoms with van der Waals surface area (Å²) in [5.74, 6) is 1.64. The van der Waals surface area contributed by atoms with Gasteiger partial charge in [-0.25, -0.2) is 0 Å². The number of hydrogen-bond donors (Lipinski definition) is 0. The number of allylic oxidation sites excluding steroid dienone is 1. The molecule has 0 spiro atoms. The van der Waals surface area contributed by atoms with Gasteiger partial charge < -0.3 is 0 Å². The van der Waals surface area contributed by atoms with E-state index in [1.165, 1.54) is 82.6 Å². The fraction of sp³-hybridized carbons (Fsp3) is 0.680. The highest BCUT2D eigenvalue weighted by molar-refractivity contribution is 5.26. The van der Waals surface area contributed by atoms with Gasteiger partial charge in [0.25, 0.3) is 6.08 Å². The number of aryl methyl sites for hydroxylation is 1. The first-order valence-corrected chi connectivity index (χ1v) is 11.3. The second-order valence-corrected chi connectivity index (χ2v) is 8.40. The van der Waals surface area contributed by atoms with Gasteiger partial charge >= 0.3 is 0 Å². The molecule has 1 aliphatic carbocycles. The van der Waals surface area contributed by atoms with E-state index in [2.05, 4.69) is 31.2 Å². The van der Waals surface area contributed by atoms with E-state index < -0.39 is 6.08 Å². The van der Waals surface area contributed by atoms with Crippen molar-refractivity contribution in [3.63, 3.8) is 0 Å².